The number of nitrogens with zero attached hydrogens (tertiary/aromatic N) is 6. The van der Waals surface area contributed by atoms with Gasteiger partial charge in [0.05, 0.1) is 25.2 Å². The Morgan fingerprint density at radius 1 is 0.833 bits per heavy atom. The van der Waals surface area contributed by atoms with E-state index in [0.717, 1.165) is 17.2 Å². The number of hydrogen-bond acceptors (Lipinski definition) is 9. The van der Waals surface area contributed by atoms with Crippen LogP contribution in [0.15, 0.2) is 11.3 Å². The number of aromatic nitrogens is 6. The molecule has 5 heterocycles. The quantitative estimate of drug-likeness (QED) is 0.358. The zero-order valence-electron chi connectivity index (χ0n) is 12.3. The van der Waals surface area contributed by atoms with Crippen LogP contribution >= 0.6 is 0 Å². The summed E-state index contributed by atoms with van der Waals surface area (Å²) in [6.45, 7) is 1.23. The van der Waals surface area contributed by atoms with E-state index in [9.17, 15) is 0 Å². The van der Waals surface area contributed by atoms with Crippen molar-refractivity contribution in [2.24, 2.45) is 4.99 Å². The van der Waals surface area contributed by atoms with Crippen LogP contribution in [-0.2, 0) is 0 Å². The highest BCUT2D eigenvalue weighted by Crippen LogP contribution is 2.42. The molecule has 116 valence electrons. The van der Waals surface area contributed by atoms with Gasteiger partial charge in [0.25, 0.3) is 0 Å². The van der Waals surface area contributed by atoms with E-state index in [1.54, 1.807) is 6.33 Å². The number of rotatable bonds is 0. The van der Waals surface area contributed by atoms with Crippen LogP contribution in [0, 0.1) is 0 Å². The highest BCUT2D eigenvalue weighted by atomic mass is 15.2. The number of hydrogen-bond donors (Lipinski definition) is 4. The molecule has 6 rings (SSSR count). The van der Waals surface area contributed by atoms with Crippen LogP contribution in [0.4, 0.5) is 23.0 Å². The fourth-order valence-electron chi connectivity index (χ4n) is 3.14. The summed E-state index contributed by atoms with van der Waals surface area (Å²) in [5.41, 5.74) is 5.48. The minimum absolute atomic E-state index is 0.564. The van der Waals surface area contributed by atoms with Gasteiger partial charge in [-0.3, -0.25) is 4.99 Å². The molecule has 2 aliphatic rings. The average Bonchev–Trinajstić information content (AvgIpc) is 3.27. The highest BCUT2D eigenvalue weighted by Gasteiger charge is 2.24. The molecular weight excluding hydrogens is 308 g/mol. The molecule has 10 heteroatoms. The van der Waals surface area contributed by atoms with Gasteiger partial charge in [0, 0.05) is 6.21 Å². The molecule has 0 unspecified atom stereocenters. The van der Waals surface area contributed by atoms with Gasteiger partial charge in [-0.25, -0.2) is 24.9 Å². The Kier molecular flexibility index (Phi) is 2.01. The van der Waals surface area contributed by atoms with Gasteiger partial charge in [-0.05, 0) is 0 Å². The molecule has 0 amide bonds. The van der Waals surface area contributed by atoms with Crippen molar-refractivity contribution in [3.05, 3.63) is 6.33 Å². The monoisotopic (exact) mass is 318 g/mol. The lowest BCUT2D eigenvalue weighted by Crippen LogP contribution is -2.09. The van der Waals surface area contributed by atoms with E-state index >= 15 is 0 Å². The molecule has 0 saturated heterocycles. The summed E-state index contributed by atoms with van der Waals surface area (Å²) in [4.78, 5) is 30.5. The number of aromatic amines is 1. The van der Waals surface area contributed by atoms with Gasteiger partial charge in [-0.2, -0.15) is 0 Å². The number of H-pyrrole nitrogens is 1. The van der Waals surface area contributed by atoms with Crippen molar-refractivity contribution in [3.63, 3.8) is 0 Å². The molecule has 1 aromatic carbocycles. The first-order valence-electron chi connectivity index (χ1n) is 7.51. The molecule has 4 aromatic rings. The van der Waals surface area contributed by atoms with E-state index in [2.05, 4.69) is 40.9 Å². The number of imidazole rings is 1. The molecular formula is C14H10N10. The Balaban J connectivity index is 1.89. The zero-order chi connectivity index (χ0) is 15.7. The normalized spacial score (nSPS) is 15.2. The lowest BCUT2D eigenvalue weighted by atomic mass is 10.1. The molecule has 0 bridgehead atoms. The predicted octanol–water partition coefficient (Wildman–Crippen LogP) is 1.37. The van der Waals surface area contributed by atoms with E-state index in [1.807, 2.05) is 6.21 Å². The van der Waals surface area contributed by atoms with Crippen LogP contribution in [0.3, 0.4) is 0 Å². The Hall–Kier alpha value is -3.56. The van der Waals surface area contributed by atoms with Crippen molar-refractivity contribution in [3.8, 4) is 0 Å². The highest BCUT2D eigenvalue weighted by molar-refractivity contribution is 6.16. The van der Waals surface area contributed by atoms with Crippen molar-refractivity contribution in [1.29, 1.82) is 0 Å². The third-order valence-electron chi connectivity index (χ3n) is 4.19. The van der Waals surface area contributed by atoms with Gasteiger partial charge in [-0.15, -0.1) is 0 Å². The Morgan fingerprint density at radius 3 is 2.58 bits per heavy atom. The van der Waals surface area contributed by atoms with Crippen LogP contribution in [-0.4, -0.2) is 49.3 Å². The molecule has 2 aliphatic heterocycles. The third-order valence-corrected chi connectivity index (χ3v) is 4.19. The zero-order valence-corrected chi connectivity index (χ0v) is 12.3. The molecule has 4 N–H and O–H groups in total. The van der Waals surface area contributed by atoms with Crippen LogP contribution in [0.25, 0.3) is 33.4 Å². The first kappa shape index (κ1) is 11.9. The van der Waals surface area contributed by atoms with Gasteiger partial charge in [0.15, 0.2) is 22.9 Å². The van der Waals surface area contributed by atoms with Gasteiger partial charge < -0.3 is 20.9 Å². The second-order valence-electron chi connectivity index (χ2n) is 5.56. The smallest absolute Gasteiger partial charge is 0.197 e. The van der Waals surface area contributed by atoms with Gasteiger partial charge in [0.2, 0.25) is 0 Å². The van der Waals surface area contributed by atoms with Crippen molar-refractivity contribution in [1.82, 2.24) is 29.9 Å². The standard InChI is InChI=1S/C14H10N10/c1-2-16-6-5(15-1)7-9(23-13-11(21-7)17-3-19-13)10-8(6)22-12-14(24-10)20-4-18-12/h1,4,16H,2-3H2,(H,17,21)(H,19,23)(H,18,20,22,24). The van der Waals surface area contributed by atoms with Crippen LogP contribution in [0.2, 0.25) is 0 Å². The molecule has 0 radical (unpaired) electrons. The van der Waals surface area contributed by atoms with Crippen molar-refractivity contribution < 1.29 is 0 Å². The maximum Gasteiger partial charge on any atom is 0.197 e. The van der Waals surface area contributed by atoms with Gasteiger partial charge in [-0.1, -0.05) is 0 Å². The maximum atomic E-state index is 4.71. The average molecular weight is 318 g/mol. The number of anilines is 3. The molecule has 3 aromatic heterocycles. The largest absolute Gasteiger partial charge is 0.376 e. The van der Waals surface area contributed by atoms with E-state index in [1.165, 1.54) is 0 Å². The van der Waals surface area contributed by atoms with E-state index in [4.69, 9.17) is 9.97 Å². The number of fused-ring (bicyclic) bond motifs is 8. The summed E-state index contributed by atoms with van der Waals surface area (Å²) >= 11 is 0. The lowest BCUT2D eigenvalue weighted by molar-refractivity contribution is 1.27. The number of benzene rings is 1. The third kappa shape index (κ3) is 1.39. The topological polar surface area (TPSA) is 129 Å². The van der Waals surface area contributed by atoms with Crippen molar-refractivity contribution in [2.45, 2.75) is 0 Å². The molecule has 0 fully saturated rings. The maximum absolute atomic E-state index is 4.71. The molecule has 0 saturated carbocycles. The van der Waals surface area contributed by atoms with Crippen LogP contribution < -0.4 is 16.0 Å². The second kappa shape index (κ2) is 4.04. The molecule has 0 aliphatic carbocycles. The molecule has 0 spiro atoms. The summed E-state index contributed by atoms with van der Waals surface area (Å²) in [6.07, 6.45) is 3.40. The summed E-state index contributed by atoms with van der Waals surface area (Å²) in [7, 11) is 0. The van der Waals surface area contributed by atoms with Crippen molar-refractivity contribution in [2.75, 3.05) is 29.2 Å². The summed E-state index contributed by atoms with van der Waals surface area (Å²) < 4.78 is 0. The van der Waals surface area contributed by atoms with E-state index in [0.29, 0.717) is 52.4 Å². The number of nitrogens with one attached hydrogen (secondary N) is 4. The van der Waals surface area contributed by atoms with E-state index < -0.39 is 0 Å². The Morgan fingerprint density at radius 2 is 1.67 bits per heavy atom. The Labute approximate surface area is 133 Å². The van der Waals surface area contributed by atoms with Gasteiger partial charge >= 0.3 is 0 Å². The Bertz CT molecular complexity index is 1190. The van der Waals surface area contributed by atoms with Crippen molar-refractivity contribution >= 4 is 62.6 Å². The second-order valence-corrected chi connectivity index (χ2v) is 5.56. The molecule has 24 heavy (non-hydrogen) atoms. The lowest BCUT2D eigenvalue weighted by Gasteiger charge is -2.16. The summed E-state index contributed by atoms with van der Waals surface area (Å²) in [6, 6.07) is 0. The molecule has 0 atom stereocenters. The fraction of sp³-hybridized carbons (Fsp3) is 0.143. The molecule has 10 nitrogen and oxygen atoms in total. The summed E-state index contributed by atoms with van der Waals surface area (Å²) in [5, 5.41) is 9.65. The SMILES string of the molecule is C1=Nc2c(c3nc4nc[nH]c4nc3c3nc4c(nc23)NCN4)NC1. The first-order chi connectivity index (χ1) is 11.9. The number of aliphatic imine (C=N–C) groups is 1. The predicted molar refractivity (Wildman–Crippen MR) is 91.0 cm³/mol. The fourth-order valence-corrected chi connectivity index (χ4v) is 3.14. The summed E-state index contributed by atoms with van der Waals surface area (Å²) in [5.74, 6) is 1.43. The minimum atomic E-state index is 0.564. The van der Waals surface area contributed by atoms with Gasteiger partial charge in [0.1, 0.15) is 27.8 Å². The minimum Gasteiger partial charge on any atom is -0.376 e. The van der Waals surface area contributed by atoms with Crippen LogP contribution in [0.1, 0.15) is 0 Å². The first-order valence-corrected chi connectivity index (χ1v) is 7.51. The van der Waals surface area contributed by atoms with Crippen LogP contribution in [0.5, 0.6) is 0 Å². The van der Waals surface area contributed by atoms with E-state index in [-0.39, 0.29) is 0 Å².